The van der Waals surface area contributed by atoms with Gasteiger partial charge >= 0.3 is 0 Å². The number of aliphatic imine (C=N–C) groups is 1. The number of nitrogens with zero attached hydrogens (tertiary/aromatic N) is 2. The van der Waals surface area contributed by atoms with Gasteiger partial charge in [-0.15, -0.1) is 24.0 Å². The van der Waals surface area contributed by atoms with E-state index in [9.17, 15) is 0 Å². The number of halogens is 1. The number of nitrogens with one attached hydrogen (secondary N) is 2. The number of hydrogen-bond acceptors (Lipinski definition) is 3. The van der Waals surface area contributed by atoms with Crippen LogP contribution in [0.3, 0.4) is 0 Å². The Morgan fingerprint density at radius 1 is 1.38 bits per heavy atom. The highest BCUT2D eigenvalue weighted by atomic mass is 127. The van der Waals surface area contributed by atoms with Crippen LogP contribution >= 0.6 is 24.0 Å². The molecule has 0 aliphatic carbocycles. The molecule has 1 aliphatic rings. The quantitative estimate of drug-likeness (QED) is 0.394. The summed E-state index contributed by atoms with van der Waals surface area (Å²) in [6, 6.07) is 10.3. The zero-order valence-corrected chi connectivity index (χ0v) is 18.3. The molecule has 1 saturated heterocycles. The van der Waals surface area contributed by atoms with E-state index in [1.807, 2.05) is 18.2 Å². The molecule has 0 bridgehead atoms. The normalized spacial score (nSPS) is 19.8. The Morgan fingerprint density at radius 2 is 2.19 bits per heavy atom. The highest BCUT2D eigenvalue weighted by Gasteiger charge is 2.17. The molecule has 2 heterocycles. The molecular weight excluding hydrogens is 439 g/mol. The van der Waals surface area contributed by atoms with Crippen LogP contribution in [0.5, 0.6) is 0 Å². The van der Waals surface area contributed by atoms with Crippen LogP contribution in [-0.4, -0.2) is 44.1 Å². The number of likely N-dealkylation sites (tertiary alicyclic amines) is 1. The zero-order valence-electron chi connectivity index (χ0n) is 16.0. The summed E-state index contributed by atoms with van der Waals surface area (Å²) in [7, 11) is 2.20. The minimum absolute atomic E-state index is 0. The van der Waals surface area contributed by atoms with Crippen LogP contribution in [0.25, 0.3) is 11.0 Å². The van der Waals surface area contributed by atoms with Crippen molar-refractivity contribution in [1.29, 1.82) is 0 Å². The van der Waals surface area contributed by atoms with Gasteiger partial charge in [0.25, 0.3) is 0 Å². The topological polar surface area (TPSA) is 52.8 Å². The first kappa shape index (κ1) is 21.0. The van der Waals surface area contributed by atoms with Crippen molar-refractivity contribution in [3.8, 4) is 0 Å². The van der Waals surface area contributed by atoms with E-state index in [4.69, 9.17) is 9.41 Å². The van der Waals surface area contributed by atoms with Crippen molar-refractivity contribution >= 4 is 40.9 Å². The lowest BCUT2D eigenvalue weighted by Gasteiger charge is -2.28. The largest absolute Gasteiger partial charge is 0.459 e. The number of hydrogen-bond donors (Lipinski definition) is 2. The van der Waals surface area contributed by atoms with Gasteiger partial charge < -0.3 is 20.0 Å². The Balaban J connectivity index is 0.00000243. The van der Waals surface area contributed by atoms with Crippen LogP contribution in [0.4, 0.5) is 0 Å². The molecule has 2 N–H and O–H groups in total. The van der Waals surface area contributed by atoms with Crippen LogP contribution in [0.15, 0.2) is 39.7 Å². The maximum absolute atomic E-state index is 5.97. The number of rotatable bonds is 5. The highest BCUT2D eigenvalue weighted by molar-refractivity contribution is 14.0. The lowest BCUT2D eigenvalue weighted by Crippen LogP contribution is -2.40. The molecule has 1 aromatic heterocycles. The summed E-state index contributed by atoms with van der Waals surface area (Å²) >= 11 is 0. The molecule has 1 fully saturated rings. The van der Waals surface area contributed by atoms with Gasteiger partial charge in [0.05, 0.1) is 6.04 Å². The first-order valence-electron chi connectivity index (χ1n) is 9.37. The first-order valence-corrected chi connectivity index (χ1v) is 9.37. The molecule has 0 amide bonds. The highest BCUT2D eigenvalue weighted by Crippen LogP contribution is 2.23. The fourth-order valence-electron chi connectivity index (χ4n) is 3.45. The summed E-state index contributed by atoms with van der Waals surface area (Å²) in [6.07, 6.45) is 2.54. The van der Waals surface area contributed by atoms with Crippen molar-refractivity contribution in [3.05, 3.63) is 36.1 Å². The van der Waals surface area contributed by atoms with E-state index in [0.29, 0.717) is 5.92 Å². The van der Waals surface area contributed by atoms with E-state index in [1.165, 1.54) is 19.4 Å². The summed E-state index contributed by atoms with van der Waals surface area (Å²) < 4.78 is 5.97. The predicted molar refractivity (Wildman–Crippen MR) is 119 cm³/mol. The van der Waals surface area contributed by atoms with Gasteiger partial charge in [-0.25, -0.2) is 0 Å². The minimum atomic E-state index is 0. The molecule has 0 radical (unpaired) electrons. The molecule has 2 aromatic rings. The van der Waals surface area contributed by atoms with Crippen molar-refractivity contribution in [3.63, 3.8) is 0 Å². The van der Waals surface area contributed by atoms with Gasteiger partial charge in [-0.2, -0.15) is 0 Å². The summed E-state index contributed by atoms with van der Waals surface area (Å²) in [5, 5.41) is 7.97. The van der Waals surface area contributed by atoms with Crippen molar-refractivity contribution in [2.24, 2.45) is 10.9 Å². The summed E-state index contributed by atoms with van der Waals surface area (Å²) in [4.78, 5) is 7.22. The van der Waals surface area contributed by atoms with Gasteiger partial charge in [-0.1, -0.05) is 18.2 Å². The van der Waals surface area contributed by atoms with Gasteiger partial charge in [0.15, 0.2) is 5.96 Å². The molecule has 2 unspecified atom stereocenters. The fourth-order valence-corrected chi connectivity index (χ4v) is 3.45. The van der Waals surface area contributed by atoms with Crippen LogP contribution in [0.2, 0.25) is 0 Å². The Hall–Kier alpha value is -1.28. The number of furan rings is 1. The maximum atomic E-state index is 5.97. The smallest absolute Gasteiger partial charge is 0.191 e. The fraction of sp³-hybridized carbons (Fsp3) is 0.550. The number of para-hydroxylation sites is 1. The molecule has 3 rings (SSSR count). The minimum Gasteiger partial charge on any atom is -0.459 e. The van der Waals surface area contributed by atoms with Crippen LogP contribution in [-0.2, 0) is 0 Å². The third kappa shape index (κ3) is 5.61. The zero-order chi connectivity index (χ0) is 17.6. The number of fused-ring (bicyclic) bond motifs is 1. The van der Waals surface area contributed by atoms with Gasteiger partial charge in [-0.05, 0) is 58.3 Å². The molecule has 6 heteroatoms. The molecule has 1 aromatic carbocycles. The lowest BCUT2D eigenvalue weighted by molar-refractivity contribution is 0.214. The summed E-state index contributed by atoms with van der Waals surface area (Å²) in [5.74, 6) is 2.45. The Labute approximate surface area is 173 Å². The van der Waals surface area contributed by atoms with Gasteiger partial charge in [0.1, 0.15) is 11.3 Å². The number of piperidine rings is 1. The summed E-state index contributed by atoms with van der Waals surface area (Å²) in [6.45, 7) is 8.27. The van der Waals surface area contributed by atoms with Crippen molar-refractivity contribution in [2.75, 3.05) is 33.2 Å². The third-order valence-corrected chi connectivity index (χ3v) is 4.80. The molecular formula is C20H31IN4O. The number of benzene rings is 1. The molecule has 2 atom stereocenters. The molecule has 1 aliphatic heterocycles. The van der Waals surface area contributed by atoms with E-state index in [1.54, 1.807) is 0 Å². The van der Waals surface area contributed by atoms with Crippen molar-refractivity contribution < 1.29 is 4.42 Å². The lowest BCUT2D eigenvalue weighted by atomic mass is 9.99. The predicted octanol–water partition coefficient (Wildman–Crippen LogP) is 4.01. The van der Waals surface area contributed by atoms with Crippen molar-refractivity contribution in [1.82, 2.24) is 15.5 Å². The molecule has 144 valence electrons. The Bertz CT molecular complexity index is 682. The van der Waals surface area contributed by atoms with Crippen LogP contribution < -0.4 is 10.6 Å². The second kappa shape index (κ2) is 10.2. The van der Waals surface area contributed by atoms with Crippen molar-refractivity contribution in [2.45, 2.75) is 32.7 Å². The van der Waals surface area contributed by atoms with E-state index < -0.39 is 0 Å². The second-order valence-corrected chi connectivity index (χ2v) is 7.04. The van der Waals surface area contributed by atoms with E-state index in [-0.39, 0.29) is 30.0 Å². The third-order valence-electron chi connectivity index (χ3n) is 4.80. The molecule has 0 spiro atoms. The van der Waals surface area contributed by atoms with Gasteiger partial charge in [0.2, 0.25) is 0 Å². The average Bonchev–Trinajstić information content (AvgIpc) is 3.04. The average molecular weight is 470 g/mol. The van der Waals surface area contributed by atoms with Crippen LogP contribution in [0, 0.1) is 5.92 Å². The molecule has 26 heavy (non-hydrogen) atoms. The SMILES string of the molecule is CCNC(=NCC1CCCN(C)C1)NC(C)c1cc2ccccc2o1.I. The van der Waals surface area contributed by atoms with E-state index in [0.717, 1.165) is 42.3 Å². The second-order valence-electron chi connectivity index (χ2n) is 7.04. The van der Waals surface area contributed by atoms with Crippen LogP contribution in [0.1, 0.15) is 38.5 Å². The molecule has 5 nitrogen and oxygen atoms in total. The molecule has 0 saturated carbocycles. The maximum Gasteiger partial charge on any atom is 0.191 e. The standard InChI is InChI=1S/C20H30N4O.HI/c1-4-21-20(22-13-16-8-7-11-24(3)14-16)23-15(2)19-12-17-9-5-6-10-18(17)25-19;/h5-6,9-10,12,15-16H,4,7-8,11,13-14H2,1-3H3,(H2,21,22,23);1H. The number of guanidine groups is 1. The van der Waals surface area contributed by atoms with E-state index in [2.05, 4.69) is 48.6 Å². The van der Waals surface area contributed by atoms with Gasteiger partial charge in [0, 0.05) is 25.0 Å². The monoisotopic (exact) mass is 470 g/mol. The Kier molecular flexibility index (Phi) is 8.21. The summed E-state index contributed by atoms with van der Waals surface area (Å²) in [5.41, 5.74) is 0.929. The first-order chi connectivity index (χ1) is 12.2. The Morgan fingerprint density at radius 3 is 2.92 bits per heavy atom. The van der Waals surface area contributed by atoms with Gasteiger partial charge in [-0.3, -0.25) is 4.99 Å². The van der Waals surface area contributed by atoms with E-state index >= 15 is 0 Å².